The van der Waals surface area contributed by atoms with Crippen LogP contribution in [-0.2, 0) is 0 Å². The topological polar surface area (TPSA) is 62.3 Å². The van der Waals surface area contributed by atoms with Gasteiger partial charge in [0.2, 0.25) is 5.88 Å². The number of benzene rings is 1. The van der Waals surface area contributed by atoms with Gasteiger partial charge in [-0.15, -0.1) is 0 Å². The summed E-state index contributed by atoms with van der Waals surface area (Å²) in [5, 5.41) is 9.34. The van der Waals surface area contributed by atoms with Crippen LogP contribution in [0.3, 0.4) is 0 Å². The van der Waals surface area contributed by atoms with Gasteiger partial charge in [-0.3, -0.25) is 0 Å². The lowest BCUT2D eigenvalue weighted by atomic mass is 10.2. The molecule has 0 spiro atoms. The standard InChI is InChI=1S/C10H9NO3/c1-6-2-3-7-5-9(14-10(12)13)11-8(7)4-6/h2-5,11H,1H3,(H,12,13). The van der Waals surface area contributed by atoms with Crippen LogP contribution in [0, 0.1) is 6.92 Å². The van der Waals surface area contributed by atoms with Crippen molar-refractivity contribution in [2.24, 2.45) is 0 Å². The number of carbonyl (C=O) groups is 1. The van der Waals surface area contributed by atoms with E-state index in [0.717, 1.165) is 16.5 Å². The second-order valence-electron chi connectivity index (χ2n) is 3.09. The first kappa shape index (κ1) is 8.62. The van der Waals surface area contributed by atoms with Crippen molar-refractivity contribution in [1.29, 1.82) is 0 Å². The molecule has 4 heteroatoms. The molecule has 0 radical (unpaired) electrons. The van der Waals surface area contributed by atoms with E-state index in [1.807, 2.05) is 25.1 Å². The molecule has 0 aliphatic carbocycles. The summed E-state index contributed by atoms with van der Waals surface area (Å²) in [6.45, 7) is 1.97. The fourth-order valence-corrected chi connectivity index (χ4v) is 1.36. The Labute approximate surface area is 80.1 Å². The van der Waals surface area contributed by atoms with Crippen LogP contribution >= 0.6 is 0 Å². The minimum Gasteiger partial charge on any atom is -0.449 e. The van der Waals surface area contributed by atoms with Gasteiger partial charge in [-0.1, -0.05) is 12.1 Å². The number of aromatic nitrogens is 1. The Morgan fingerprint density at radius 3 is 2.93 bits per heavy atom. The van der Waals surface area contributed by atoms with Gasteiger partial charge < -0.3 is 14.8 Å². The number of carboxylic acid groups (broad SMARTS) is 1. The highest BCUT2D eigenvalue weighted by Crippen LogP contribution is 2.21. The van der Waals surface area contributed by atoms with Crippen LogP contribution in [0.5, 0.6) is 5.88 Å². The number of aromatic amines is 1. The summed E-state index contributed by atoms with van der Waals surface area (Å²) in [4.78, 5) is 13.1. The monoisotopic (exact) mass is 191 g/mol. The summed E-state index contributed by atoms with van der Waals surface area (Å²) < 4.78 is 4.50. The molecular weight excluding hydrogens is 182 g/mol. The summed E-state index contributed by atoms with van der Waals surface area (Å²) in [7, 11) is 0. The molecule has 2 aromatic rings. The zero-order chi connectivity index (χ0) is 10.1. The minimum absolute atomic E-state index is 0.248. The molecule has 0 aliphatic rings. The normalized spacial score (nSPS) is 10.4. The molecule has 4 nitrogen and oxygen atoms in total. The lowest BCUT2D eigenvalue weighted by molar-refractivity contribution is 0.143. The first-order valence-electron chi connectivity index (χ1n) is 4.15. The number of hydrogen-bond acceptors (Lipinski definition) is 2. The van der Waals surface area contributed by atoms with E-state index in [2.05, 4.69) is 9.72 Å². The van der Waals surface area contributed by atoms with Gasteiger partial charge in [0, 0.05) is 17.0 Å². The highest BCUT2D eigenvalue weighted by atomic mass is 16.7. The van der Waals surface area contributed by atoms with Crippen molar-refractivity contribution in [3.05, 3.63) is 29.8 Å². The molecule has 0 fully saturated rings. The van der Waals surface area contributed by atoms with Crippen LogP contribution in [0.4, 0.5) is 4.79 Å². The molecular formula is C10H9NO3. The molecule has 0 amide bonds. The smallest absolute Gasteiger partial charge is 0.449 e. The third-order valence-electron chi connectivity index (χ3n) is 1.95. The van der Waals surface area contributed by atoms with Gasteiger partial charge in [0.15, 0.2) is 0 Å². The van der Waals surface area contributed by atoms with E-state index in [9.17, 15) is 4.79 Å². The van der Waals surface area contributed by atoms with Gasteiger partial charge in [0.1, 0.15) is 0 Å². The Kier molecular flexibility index (Phi) is 1.89. The molecule has 0 unspecified atom stereocenters. The quantitative estimate of drug-likeness (QED) is 0.681. The maximum Gasteiger partial charge on any atom is 0.512 e. The van der Waals surface area contributed by atoms with Crippen LogP contribution < -0.4 is 4.74 Å². The SMILES string of the molecule is Cc1ccc2cc(OC(=O)O)[nH]c2c1. The number of nitrogens with one attached hydrogen (secondary N) is 1. The molecule has 2 N–H and O–H groups in total. The third kappa shape index (κ3) is 1.54. The Morgan fingerprint density at radius 2 is 2.21 bits per heavy atom. The van der Waals surface area contributed by atoms with Crippen LogP contribution in [-0.4, -0.2) is 16.2 Å². The van der Waals surface area contributed by atoms with Crippen LogP contribution in [0.25, 0.3) is 10.9 Å². The van der Waals surface area contributed by atoms with Gasteiger partial charge in [-0.2, -0.15) is 0 Å². The molecule has 1 heterocycles. The predicted octanol–water partition coefficient (Wildman–Crippen LogP) is 2.53. The number of ether oxygens (including phenoxy) is 1. The Morgan fingerprint density at radius 1 is 1.43 bits per heavy atom. The number of H-pyrrole nitrogens is 1. The average molecular weight is 191 g/mol. The molecule has 2 rings (SSSR count). The molecule has 1 aromatic carbocycles. The second kappa shape index (κ2) is 3.06. The van der Waals surface area contributed by atoms with Crippen molar-refractivity contribution in [2.75, 3.05) is 0 Å². The molecule has 0 aliphatic heterocycles. The molecule has 14 heavy (non-hydrogen) atoms. The van der Waals surface area contributed by atoms with E-state index >= 15 is 0 Å². The Hall–Kier alpha value is -1.97. The summed E-state index contributed by atoms with van der Waals surface area (Å²) in [6.07, 6.45) is -1.31. The third-order valence-corrected chi connectivity index (χ3v) is 1.95. The fraction of sp³-hybridized carbons (Fsp3) is 0.100. The van der Waals surface area contributed by atoms with Gasteiger partial charge >= 0.3 is 6.16 Å². The van der Waals surface area contributed by atoms with Crippen molar-refractivity contribution in [3.63, 3.8) is 0 Å². The summed E-state index contributed by atoms with van der Waals surface area (Å²) in [6, 6.07) is 7.46. The van der Waals surface area contributed by atoms with Gasteiger partial charge in [0.05, 0.1) is 0 Å². The van der Waals surface area contributed by atoms with E-state index in [1.54, 1.807) is 6.07 Å². The van der Waals surface area contributed by atoms with Gasteiger partial charge in [-0.05, 0) is 18.6 Å². The van der Waals surface area contributed by atoms with Gasteiger partial charge in [-0.25, -0.2) is 4.79 Å². The zero-order valence-corrected chi connectivity index (χ0v) is 7.57. The maximum absolute atomic E-state index is 10.3. The Bertz CT molecular complexity index is 487. The average Bonchev–Trinajstić information content (AvgIpc) is 2.44. The maximum atomic E-state index is 10.3. The van der Waals surface area contributed by atoms with Crippen molar-refractivity contribution in [1.82, 2.24) is 4.98 Å². The Balaban J connectivity index is 2.46. The largest absolute Gasteiger partial charge is 0.512 e. The van der Waals surface area contributed by atoms with Crippen LogP contribution in [0.15, 0.2) is 24.3 Å². The zero-order valence-electron chi connectivity index (χ0n) is 7.57. The van der Waals surface area contributed by atoms with Gasteiger partial charge in [0.25, 0.3) is 0 Å². The molecule has 0 atom stereocenters. The molecule has 72 valence electrons. The van der Waals surface area contributed by atoms with E-state index in [-0.39, 0.29) is 5.88 Å². The number of hydrogen-bond donors (Lipinski definition) is 2. The number of rotatable bonds is 1. The highest BCUT2D eigenvalue weighted by Gasteiger charge is 2.04. The fourth-order valence-electron chi connectivity index (χ4n) is 1.36. The lowest BCUT2D eigenvalue weighted by Crippen LogP contribution is -2.02. The number of fused-ring (bicyclic) bond motifs is 1. The van der Waals surface area contributed by atoms with Crippen molar-refractivity contribution < 1.29 is 14.6 Å². The van der Waals surface area contributed by atoms with Crippen molar-refractivity contribution in [3.8, 4) is 5.88 Å². The second-order valence-corrected chi connectivity index (χ2v) is 3.09. The van der Waals surface area contributed by atoms with E-state index in [4.69, 9.17) is 5.11 Å². The van der Waals surface area contributed by atoms with Crippen molar-refractivity contribution >= 4 is 17.1 Å². The molecule has 1 aromatic heterocycles. The summed E-state index contributed by atoms with van der Waals surface area (Å²) in [5.74, 6) is 0.248. The van der Waals surface area contributed by atoms with Crippen LogP contribution in [0.2, 0.25) is 0 Å². The minimum atomic E-state index is -1.31. The first-order valence-corrected chi connectivity index (χ1v) is 4.15. The van der Waals surface area contributed by atoms with E-state index in [1.165, 1.54) is 0 Å². The van der Waals surface area contributed by atoms with Crippen LogP contribution in [0.1, 0.15) is 5.56 Å². The summed E-state index contributed by atoms with van der Waals surface area (Å²) in [5.41, 5.74) is 1.99. The molecule has 0 bridgehead atoms. The number of aryl methyl sites for hydroxylation is 1. The highest BCUT2D eigenvalue weighted by molar-refractivity contribution is 5.82. The van der Waals surface area contributed by atoms with E-state index < -0.39 is 6.16 Å². The van der Waals surface area contributed by atoms with E-state index in [0.29, 0.717) is 0 Å². The predicted molar refractivity (Wildman–Crippen MR) is 51.7 cm³/mol. The molecule has 0 saturated carbocycles. The van der Waals surface area contributed by atoms with Crippen molar-refractivity contribution in [2.45, 2.75) is 6.92 Å². The molecule has 0 saturated heterocycles. The lowest BCUT2D eigenvalue weighted by Gasteiger charge is -1.92. The first-order chi connectivity index (χ1) is 6.65. The summed E-state index contributed by atoms with van der Waals surface area (Å²) >= 11 is 0.